The number of amides is 1. The monoisotopic (exact) mass is 379 g/mol. The summed E-state index contributed by atoms with van der Waals surface area (Å²) >= 11 is 0. The van der Waals surface area contributed by atoms with Crippen molar-refractivity contribution in [2.75, 3.05) is 26.2 Å². The van der Waals surface area contributed by atoms with E-state index in [0.29, 0.717) is 6.42 Å². The molecular formula is C23H29N3O2. The summed E-state index contributed by atoms with van der Waals surface area (Å²) in [6.07, 6.45) is 6.33. The Balaban J connectivity index is 1.57. The van der Waals surface area contributed by atoms with E-state index in [9.17, 15) is 9.90 Å². The number of fused-ring (bicyclic) bond motifs is 1. The molecule has 2 fully saturated rings. The van der Waals surface area contributed by atoms with Crippen LogP contribution in [0.4, 0.5) is 0 Å². The van der Waals surface area contributed by atoms with E-state index in [1.807, 2.05) is 24.1 Å². The van der Waals surface area contributed by atoms with Crippen LogP contribution in [0.1, 0.15) is 37.7 Å². The second kappa shape index (κ2) is 8.41. The number of aliphatic hydroxyl groups is 1. The second-order valence-corrected chi connectivity index (χ2v) is 7.85. The van der Waals surface area contributed by atoms with Crippen molar-refractivity contribution in [3.8, 4) is 11.1 Å². The van der Waals surface area contributed by atoms with E-state index >= 15 is 0 Å². The molecule has 28 heavy (non-hydrogen) atoms. The highest BCUT2D eigenvalue weighted by Gasteiger charge is 2.49. The van der Waals surface area contributed by atoms with Gasteiger partial charge in [-0.3, -0.25) is 14.7 Å². The fraction of sp³-hybridized carbons (Fsp3) is 0.478. The number of benzene rings is 1. The molecule has 0 saturated carbocycles. The lowest BCUT2D eigenvalue weighted by Crippen LogP contribution is -2.67. The zero-order valence-electron chi connectivity index (χ0n) is 16.5. The van der Waals surface area contributed by atoms with Crippen molar-refractivity contribution in [2.24, 2.45) is 0 Å². The smallest absolute Gasteiger partial charge is 0.222 e. The number of hydrogen-bond donors (Lipinski definition) is 1. The molecule has 3 heterocycles. The number of hydrogen-bond acceptors (Lipinski definition) is 4. The number of rotatable bonds is 4. The predicted octanol–water partition coefficient (Wildman–Crippen LogP) is 2.91. The Hall–Kier alpha value is -2.24. The first-order valence-electron chi connectivity index (χ1n) is 10.4. The molecule has 3 atom stereocenters. The molecule has 1 aromatic carbocycles. The van der Waals surface area contributed by atoms with Crippen molar-refractivity contribution in [1.82, 2.24) is 14.8 Å². The Morgan fingerprint density at radius 2 is 1.93 bits per heavy atom. The van der Waals surface area contributed by atoms with Crippen LogP contribution in [0.25, 0.3) is 11.1 Å². The van der Waals surface area contributed by atoms with Crippen molar-refractivity contribution in [1.29, 1.82) is 0 Å². The molecular weight excluding hydrogens is 350 g/mol. The number of aliphatic hydroxyl groups excluding tert-OH is 1. The SMILES string of the molecule is CCC(=O)N1CCCCN2[C@H](CO)[C@@H](c3ccc(-c4cccnc4)cc3)[C@@H]2C1. The fourth-order valence-electron chi connectivity index (χ4n) is 4.82. The Bertz CT molecular complexity index is 793. The van der Waals surface area contributed by atoms with Gasteiger partial charge in [-0.25, -0.2) is 0 Å². The summed E-state index contributed by atoms with van der Waals surface area (Å²) in [4.78, 5) is 21.0. The van der Waals surface area contributed by atoms with E-state index in [4.69, 9.17) is 0 Å². The Morgan fingerprint density at radius 1 is 1.14 bits per heavy atom. The minimum atomic E-state index is 0.144. The lowest BCUT2D eigenvalue weighted by Gasteiger charge is -2.57. The van der Waals surface area contributed by atoms with E-state index in [1.54, 1.807) is 6.20 Å². The van der Waals surface area contributed by atoms with Gasteiger partial charge in [0.1, 0.15) is 0 Å². The van der Waals surface area contributed by atoms with Gasteiger partial charge in [0.05, 0.1) is 6.61 Å². The molecule has 2 aliphatic rings. The standard InChI is InChI=1S/C23H29N3O2/c1-2-22(28)25-12-3-4-13-26-20(15-25)23(21(26)16-27)18-9-7-17(8-10-18)19-6-5-11-24-14-19/h5-11,14,20-21,23,27H,2-4,12-13,15-16H2,1H3/t20-,21+,23-/m0/s1. The second-order valence-electron chi connectivity index (χ2n) is 7.85. The summed E-state index contributed by atoms with van der Waals surface area (Å²) in [5.41, 5.74) is 3.50. The maximum absolute atomic E-state index is 12.4. The van der Waals surface area contributed by atoms with Gasteiger partial charge in [0.25, 0.3) is 0 Å². The van der Waals surface area contributed by atoms with Crippen LogP contribution in [-0.4, -0.2) is 64.1 Å². The van der Waals surface area contributed by atoms with E-state index in [2.05, 4.69) is 40.2 Å². The molecule has 1 aromatic heterocycles. The number of aromatic nitrogens is 1. The number of pyridine rings is 1. The zero-order valence-corrected chi connectivity index (χ0v) is 16.5. The highest BCUT2D eigenvalue weighted by molar-refractivity contribution is 5.76. The molecule has 2 saturated heterocycles. The van der Waals surface area contributed by atoms with Crippen molar-refractivity contribution in [3.05, 3.63) is 54.4 Å². The number of carbonyl (C=O) groups is 1. The van der Waals surface area contributed by atoms with Gasteiger partial charge >= 0.3 is 0 Å². The van der Waals surface area contributed by atoms with Gasteiger partial charge in [0.15, 0.2) is 0 Å². The Labute approximate surface area is 167 Å². The molecule has 0 radical (unpaired) electrons. The first-order chi connectivity index (χ1) is 13.7. The molecule has 5 nitrogen and oxygen atoms in total. The summed E-state index contributed by atoms with van der Waals surface area (Å²) in [6.45, 7) is 4.72. The number of nitrogens with zero attached hydrogens (tertiary/aromatic N) is 3. The van der Waals surface area contributed by atoms with Gasteiger partial charge in [0, 0.05) is 49.9 Å². The zero-order chi connectivity index (χ0) is 19.5. The van der Waals surface area contributed by atoms with Crippen LogP contribution in [0.5, 0.6) is 0 Å². The van der Waals surface area contributed by atoms with Gasteiger partial charge in [-0.1, -0.05) is 37.3 Å². The quantitative estimate of drug-likeness (QED) is 0.887. The molecule has 2 aromatic rings. The first kappa shape index (κ1) is 19.1. The third-order valence-corrected chi connectivity index (χ3v) is 6.32. The highest BCUT2D eigenvalue weighted by Crippen LogP contribution is 2.42. The van der Waals surface area contributed by atoms with E-state index in [0.717, 1.165) is 43.6 Å². The molecule has 0 aliphatic carbocycles. The summed E-state index contributed by atoms with van der Waals surface area (Å²) in [5.74, 6) is 0.498. The Kier molecular flexibility index (Phi) is 5.74. The van der Waals surface area contributed by atoms with Gasteiger partial charge in [0.2, 0.25) is 5.91 Å². The van der Waals surface area contributed by atoms with Gasteiger partial charge in [-0.05, 0) is 42.1 Å². The van der Waals surface area contributed by atoms with Crippen molar-refractivity contribution in [3.63, 3.8) is 0 Å². The van der Waals surface area contributed by atoms with Crippen molar-refractivity contribution < 1.29 is 9.90 Å². The summed E-state index contributed by atoms with van der Waals surface area (Å²) in [5, 5.41) is 10.0. The largest absolute Gasteiger partial charge is 0.395 e. The molecule has 1 amide bonds. The average Bonchev–Trinajstić information content (AvgIpc) is 2.73. The van der Waals surface area contributed by atoms with Crippen LogP contribution in [-0.2, 0) is 4.79 Å². The van der Waals surface area contributed by atoms with Crippen LogP contribution >= 0.6 is 0 Å². The minimum Gasteiger partial charge on any atom is -0.395 e. The molecule has 2 aliphatic heterocycles. The summed E-state index contributed by atoms with van der Waals surface area (Å²) < 4.78 is 0. The molecule has 4 rings (SSSR count). The molecule has 0 unspecified atom stereocenters. The van der Waals surface area contributed by atoms with Crippen LogP contribution in [0.15, 0.2) is 48.8 Å². The van der Waals surface area contributed by atoms with E-state index < -0.39 is 0 Å². The molecule has 0 bridgehead atoms. The number of carbonyl (C=O) groups excluding carboxylic acids is 1. The maximum Gasteiger partial charge on any atom is 0.222 e. The minimum absolute atomic E-state index is 0.144. The van der Waals surface area contributed by atoms with Gasteiger partial charge < -0.3 is 10.0 Å². The van der Waals surface area contributed by atoms with Crippen LogP contribution in [0.2, 0.25) is 0 Å². The molecule has 148 valence electrons. The van der Waals surface area contributed by atoms with Crippen LogP contribution < -0.4 is 0 Å². The summed E-state index contributed by atoms with van der Waals surface area (Å²) in [6, 6.07) is 13.1. The van der Waals surface area contributed by atoms with Crippen molar-refractivity contribution >= 4 is 5.91 Å². The topological polar surface area (TPSA) is 56.7 Å². The Morgan fingerprint density at radius 3 is 2.61 bits per heavy atom. The maximum atomic E-state index is 12.4. The van der Waals surface area contributed by atoms with Gasteiger partial charge in [-0.2, -0.15) is 0 Å². The van der Waals surface area contributed by atoms with E-state index in [-0.39, 0.29) is 30.5 Å². The average molecular weight is 380 g/mol. The summed E-state index contributed by atoms with van der Waals surface area (Å²) in [7, 11) is 0. The molecule has 5 heteroatoms. The molecule has 1 N–H and O–H groups in total. The van der Waals surface area contributed by atoms with E-state index in [1.165, 1.54) is 5.56 Å². The highest BCUT2D eigenvalue weighted by atomic mass is 16.3. The van der Waals surface area contributed by atoms with Crippen LogP contribution in [0, 0.1) is 0 Å². The lowest BCUT2D eigenvalue weighted by molar-refractivity contribution is -0.136. The fourth-order valence-corrected chi connectivity index (χ4v) is 4.82. The third-order valence-electron chi connectivity index (χ3n) is 6.32. The van der Waals surface area contributed by atoms with Gasteiger partial charge in [-0.15, -0.1) is 0 Å². The predicted molar refractivity (Wildman–Crippen MR) is 110 cm³/mol. The molecule has 0 spiro atoms. The van der Waals surface area contributed by atoms with Crippen LogP contribution in [0.3, 0.4) is 0 Å². The first-order valence-corrected chi connectivity index (χ1v) is 10.4. The normalized spacial score (nSPS) is 25.4. The van der Waals surface area contributed by atoms with Crippen molar-refractivity contribution in [2.45, 2.75) is 44.2 Å². The third kappa shape index (κ3) is 3.56. The lowest BCUT2D eigenvalue weighted by atomic mass is 9.74.